The Morgan fingerprint density at radius 1 is 1.10 bits per heavy atom. The van der Waals surface area contributed by atoms with Crippen LogP contribution in [0.5, 0.6) is 11.5 Å². The van der Waals surface area contributed by atoms with Gasteiger partial charge in [-0.3, -0.25) is 0 Å². The molecule has 0 unspecified atom stereocenters. The van der Waals surface area contributed by atoms with Crippen LogP contribution in [0.4, 0.5) is 0 Å². The minimum Gasteiger partial charge on any atom is -0.454 e. The summed E-state index contributed by atoms with van der Waals surface area (Å²) >= 11 is 9.45. The number of rotatable bonds is 1. The first-order valence-corrected chi connectivity index (χ1v) is 7.03. The number of hydrogen-bond donors (Lipinski definition) is 0. The van der Waals surface area contributed by atoms with E-state index in [1.165, 1.54) is 0 Å². The highest BCUT2D eigenvalue weighted by molar-refractivity contribution is 9.10. The molecule has 100 valence electrons. The van der Waals surface area contributed by atoms with Crippen molar-refractivity contribution in [1.29, 1.82) is 0 Å². The number of fused-ring (bicyclic) bond motifs is 2. The van der Waals surface area contributed by atoms with E-state index in [0.717, 1.165) is 15.6 Å². The van der Waals surface area contributed by atoms with Crippen molar-refractivity contribution in [3.63, 3.8) is 0 Å². The van der Waals surface area contributed by atoms with Crippen LogP contribution in [-0.4, -0.2) is 11.8 Å². The fourth-order valence-corrected chi connectivity index (χ4v) is 2.76. The first kappa shape index (κ1) is 12.1. The van der Waals surface area contributed by atoms with Gasteiger partial charge in [0.25, 0.3) is 0 Å². The van der Waals surface area contributed by atoms with Crippen LogP contribution in [0.2, 0.25) is 5.02 Å². The third kappa shape index (κ3) is 1.85. The zero-order valence-electron chi connectivity index (χ0n) is 10.0. The minimum absolute atomic E-state index is 0.231. The molecule has 0 amide bonds. The summed E-state index contributed by atoms with van der Waals surface area (Å²) in [5.41, 5.74) is 2.22. The molecule has 0 bridgehead atoms. The first-order chi connectivity index (χ1) is 9.70. The fraction of sp³-hybridized carbons (Fsp3) is 0.0714. The quantitative estimate of drug-likeness (QED) is 0.640. The Morgan fingerprint density at radius 2 is 1.90 bits per heavy atom. The van der Waals surface area contributed by atoms with Crippen LogP contribution >= 0.6 is 27.5 Å². The molecule has 4 nitrogen and oxygen atoms in total. The van der Waals surface area contributed by atoms with E-state index in [-0.39, 0.29) is 6.79 Å². The van der Waals surface area contributed by atoms with Crippen molar-refractivity contribution < 1.29 is 13.9 Å². The summed E-state index contributed by atoms with van der Waals surface area (Å²) in [5, 5.41) is 0.627. The van der Waals surface area contributed by atoms with Crippen LogP contribution in [0, 0.1) is 0 Å². The number of benzene rings is 2. The standard InChI is InChI=1S/C14H7BrClNO3/c15-9-5-13-12(18-6-19-13)4-8(9)14-17-10-3-7(16)1-2-11(10)20-14/h1-5H,6H2. The summed E-state index contributed by atoms with van der Waals surface area (Å²) in [6.45, 7) is 0.231. The summed E-state index contributed by atoms with van der Waals surface area (Å²) in [4.78, 5) is 4.45. The average Bonchev–Trinajstić information content (AvgIpc) is 3.02. The molecule has 3 aromatic rings. The SMILES string of the molecule is Clc1ccc2oc(-c3cc4c(cc3Br)OCO4)nc2c1. The summed E-state index contributed by atoms with van der Waals surface area (Å²) in [5.74, 6) is 1.90. The third-order valence-electron chi connectivity index (χ3n) is 3.04. The molecule has 6 heteroatoms. The lowest BCUT2D eigenvalue weighted by molar-refractivity contribution is 0.174. The van der Waals surface area contributed by atoms with Crippen molar-refractivity contribution >= 4 is 38.6 Å². The Labute approximate surface area is 127 Å². The van der Waals surface area contributed by atoms with Crippen molar-refractivity contribution in [3.05, 3.63) is 39.8 Å². The molecule has 0 radical (unpaired) electrons. The van der Waals surface area contributed by atoms with Gasteiger partial charge in [-0.25, -0.2) is 4.98 Å². The van der Waals surface area contributed by atoms with Gasteiger partial charge in [0.15, 0.2) is 17.1 Å². The van der Waals surface area contributed by atoms with Gasteiger partial charge >= 0.3 is 0 Å². The van der Waals surface area contributed by atoms with E-state index in [2.05, 4.69) is 20.9 Å². The Bertz CT molecular complexity index is 831. The highest BCUT2D eigenvalue weighted by Crippen LogP contribution is 2.41. The van der Waals surface area contributed by atoms with Crippen LogP contribution in [-0.2, 0) is 0 Å². The normalized spacial score (nSPS) is 13.1. The monoisotopic (exact) mass is 351 g/mol. The van der Waals surface area contributed by atoms with Crippen LogP contribution < -0.4 is 9.47 Å². The summed E-state index contributed by atoms with van der Waals surface area (Å²) in [6.07, 6.45) is 0. The number of oxazole rings is 1. The second-order valence-electron chi connectivity index (χ2n) is 4.32. The summed E-state index contributed by atoms with van der Waals surface area (Å²) in [7, 11) is 0. The smallest absolute Gasteiger partial charge is 0.231 e. The van der Waals surface area contributed by atoms with Crippen molar-refractivity contribution in [1.82, 2.24) is 4.98 Å². The molecule has 1 aliphatic rings. The van der Waals surface area contributed by atoms with E-state index >= 15 is 0 Å². The topological polar surface area (TPSA) is 44.5 Å². The van der Waals surface area contributed by atoms with Crippen molar-refractivity contribution in [3.8, 4) is 23.0 Å². The van der Waals surface area contributed by atoms with Crippen LogP contribution in [0.25, 0.3) is 22.6 Å². The van der Waals surface area contributed by atoms with Gasteiger partial charge in [0, 0.05) is 9.50 Å². The van der Waals surface area contributed by atoms with E-state index in [9.17, 15) is 0 Å². The predicted molar refractivity (Wildman–Crippen MR) is 78.3 cm³/mol. The van der Waals surface area contributed by atoms with Crippen LogP contribution in [0.15, 0.2) is 39.2 Å². The molecule has 0 saturated carbocycles. The second kappa shape index (κ2) is 4.40. The number of halogens is 2. The highest BCUT2D eigenvalue weighted by Gasteiger charge is 2.20. The van der Waals surface area contributed by atoms with Gasteiger partial charge in [0.05, 0.1) is 5.56 Å². The largest absolute Gasteiger partial charge is 0.454 e. The molecule has 0 spiro atoms. The van der Waals surface area contributed by atoms with Gasteiger partial charge < -0.3 is 13.9 Å². The van der Waals surface area contributed by atoms with Gasteiger partial charge in [-0.2, -0.15) is 0 Å². The first-order valence-electron chi connectivity index (χ1n) is 5.86. The predicted octanol–water partition coefficient (Wildman–Crippen LogP) is 4.64. The van der Waals surface area contributed by atoms with Crippen molar-refractivity contribution in [2.45, 2.75) is 0 Å². The fourth-order valence-electron chi connectivity index (χ4n) is 2.10. The molecule has 4 rings (SSSR count). The molecule has 0 saturated heterocycles. The average molecular weight is 353 g/mol. The molecule has 1 aromatic heterocycles. The van der Waals surface area contributed by atoms with Gasteiger partial charge in [-0.15, -0.1) is 0 Å². The Balaban J connectivity index is 1.90. The minimum atomic E-state index is 0.231. The number of nitrogens with zero attached hydrogens (tertiary/aromatic N) is 1. The van der Waals surface area contributed by atoms with Crippen molar-refractivity contribution in [2.75, 3.05) is 6.79 Å². The van der Waals surface area contributed by atoms with Gasteiger partial charge in [-0.05, 0) is 46.3 Å². The van der Waals surface area contributed by atoms with E-state index < -0.39 is 0 Å². The molecule has 0 aliphatic carbocycles. The number of aromatic nitrogens is 1. The maximum absolute atomic E-state index is 5.95. The lowest BCUT2D eigenvalue weighted by atomic mass is 10.2. The zero-order chi connectivity index (χ0) is 13.7. The van der Waals surface area contributed by atoms with Crippen LogP contribution in [0.3, 0.4) is 0 Å². The van der Waals surface area contributed by atoms with E-state index in [1.54, 1.807) is 18.2 Å². The summed E-state index contributed by atoms with van der Waals surface area (Å²) in [6, 6.07) is 9.03. The molecule has 1 aliphatic heterocycles. The lowest BCUT2D eigenvalue weighted by Crippen LogP contribution is -1.92. The number of ether oxygens (including phenoxy) is 2. The van der Waals surface area contributed by atoms with Crippen LogP contribution in [0.1, 0.15) is 0 Å². The zero-order valence-corrected chi connectivity index (χ0v) is 12.4. The third-order valence-corrected chi connectivity index (χ3v) is 3.93. The molecular weight excluding hydrogens is 346 g/mol. The van der Waals surface area contributed by atoms with E-state index in [0.29, 0.717) is 28.0 Å². The molecule has 20 heavy (non-hydrogen) atoms. The van der Waals surface area contributed by atoms with Gasteiger partial charge in [0.1, 0.15) is 5.52 Å². The maximum atomic E-state index is 5.95. The Hall–Kier alpha value is -1.72. The van der Waals surface area contributed by atoms with Gasteiger partial charge in [0.2, 0.25) is 12.7 Å². The summed E-state index contributed by atoms with van der Waals surface area (Å²) < 4.78 is 17.3. The number of hydrogen-bond acceptors (Lipinski definition) is 4. The Morgan fingerprint density at radius 3 is 2.75 bits per heavy atom. The molecule has 0 fully saturated rings. The van der Waals surface area contributed by atoms with Gasteiger partial charge in [-0.1, -0.05) is 11.6 Å². The van der Waals surface area contributed by atoms with E-state index in [1.807, 2.05) is 12.1 Å². The highest BCUT2D eigenvalue weighted by atomic mass is 79.9. The Kier molecular flexibility index (Phi) is 2.65. The maximum Gasteiger partial charge on any atom is 0.231 e. The van der Waals surface area contributed by atoms with Crippen molar-refractivity contribution in [2.24, 2.45) is 0 Å². The molecular formula is C14H7BrClNO3. The molecule has 0 atom stereocenters. The van der Waals surface area contributed by atoms with E-state index in [4.69, 9.17) is 25.5 Å². The molecule has 2 aromatic carbocycles. The molecule has 2 heterocycles. The second-order valence-corrected chi connectivity index (χ2v) is 5.61. The lowest BCUT2D eigenvalue weighted by Gasteiger charge is -2.02. The molecule has 0 N–H and O–H groups in total.